The molecular weight excluding hydrogens is 683 g/mol. The van der Waals surface area contributed by atoms with E-state index in [-0.39, 0.29) is 0 Å². The summed E-state index contributed by atoms with van der Waals surface area (Å²) in [6.45, 7) is 0. The van der Waals surface area contributed by atoms with E-state index in [9.17, 15) is 5.26 Å². The van der Waals surface area contributed by atoms with Gasteiger partial charge in [-0.25, -0.2) is 9.97 Å². The third-order valence-corrected chi connectivity index (χ3v) is 11.4. The minimum atomic E-state index is -0.576. The number of rotatable bonds is 4. The number of hydrogen-bond donors (Lipinski definition) is 0. The van der Waals surface area contributed by atoms with Crippen LogP contribution in [0.1, 0.15) is 27.8 Å². The molecule has 0 N–H and O–H groups in total. The van der Waals surface area contributed by atoms with Gasteiger partial charge in [0.1, 0.15) is 11.5 Å². The fraction of sp³-hybridized carbons (Fsp3) is 0.0192. The van der Waals surface area contributed by atoms with Crippen molar-refractivity contribution in [3.05, 3.63) is 216 Å². The fourth-order valence-electron chi connectivity index (χ4n) is 8.94. The van der Waals surface area contributed by atoms with Gasteiger partial charge in [0.05, 0.1) is 28.3 Å². The molecule has 0 bridgehead atoms. The molecule has 2 heterocycles. The molecule has 4 heteroatoms. The minimum Gasteiger partial charge on any atom is -0.456 e. The second-order valence-corrected chi connectivity index (χ2v) is 14.4. The molecule has 1 spiro atoms. The molecule has 0 radical (unpaired) electrons. The summed E-state index contributed by atoms with van der Waals surface area (Å²) in [5, 5.41) is 10.6. The summed E-state index contributed by atoms with van der Waals surface area (Å²) in [6.07, 6.45) is 0. The van der Waals surface area contributed by atoms with E-state index in [1.54, 1.807) is 0 Å². The Bertz CT molecular complexity index is 3020. The number of nitriles is 1. The van der Waals surface area contributed by atoms with Gasteiger partial charge >= 0.3 is 0 Å². The molecule has 0 unspecified atom stereocenters. The van der Waals surface area contributed by atoms with Crippen LogP contribution in [0.5, 0.6) is 11.5 Å². The Kier molecular flexibility index (Phi) is 7.10. The van der Waals surface area contributed by atoms with Crippen LogP contribution in [0.15, 0.2) is 188 Å². The third kappa shape index (κ3) is 4.71. The molecule has 11 rings (SSSR count). The maximum Gasteiger partial charge on any atom is 0.160 e. The standard InChI is InChI=1S/C52H31N3O/c53-32-33-25-27-34(28-26-33)36-29-37(31-38(30-36)51-54-47-23-10-6-17-42(47)49(55-51)35-13-2-1-3-14-35)39-18-12-22-46-50(39)56-48-24-11-9-21-45(48)52(46)43-19-7-4-15-40(43)41-16-5-8-20-44(41)52/h1-31H. The van der Waals surface area contributed by atoms with Crippen LogP contribution in [-0.4, -0.2) is 9.97 Å². The SMILES string of the molecule is N#Cc1ccc(-c2cc(-c3nc(-c4ccccc4)c4ccccc4n3)cc(-c3cccc4c3Oc3ccccc3C43c4ccccc4-c4ccccc43)c2)cc1. The lowest BCUT2D eigenvalue weighted by Crippen LogP contribution is -2.32. The van der Waals surface area contributed by atoms with Crippen LogP contribution in [0.25, 0.3) is 66.9 Å². The average molecular weight is 714 g/mol. The predicted molar refractivity (Wildman–Crippen MR) is 223 cm³/mol. The summed E-state index contributed by atoms with van der Waals surface area (Å²) in [6, 6.07) is 67.7. The Hall–Kier alpha value is -7.61. The monoisotopic (exact) mass is 713 g/mol. The summed E-state index contributed by atoms with van der Waals surface area (Å²) in [5.41, 5.74) is 14.8. The van der Waals surface area contributed by atoms with Gasteiger partial charge in [-0.1, -0.05) is 146 Å². The van der Waals surface area contributed by atoms with Crippen LogP contribution in [0.3, 0.4) is 0 Å². The van der Waals surface area contributed by atoms with Gasteiger partial charge in [-0.15, -0.1) is 0 Å². The molecule has 2 aliphatic rings. The van der Waals surface area contributed by atoms with Crippen molar-refractivity contribution in [2.75, 3.05) is 0 Å². The first-order valence-corrected chi connectivity index (χ1v) is 18.8. The first kappa shape index (κ1) is 31.9. The van der Waals surface area contributed by atoms with E-state index >= 15 is 0 Å². The van der Waals surface area contributed by atoms with Crippen LogP contribution in [0.4, 0.5) is 0 Å². The van der Waals surface area contributed by atoms with Gasteiger partial charge in [-0.2, -0.15) is 5.26 Å². The van der Waals surface area contributed by atoms with E-state index in [2.05, 4.69) is 133 Å². The largest absolute Gasteiger partial charge is 0.456 e. The molecular formula is C52H31N3O. The quantitative estimate of drug-likeness (QED) is 0.182. The Morgan fingerprint density at radius 2 is 1.05 bits per heavy atom. The van der Waals surface area contributed by atoms with Gasteiger partial charge in [0, 0.05) is 33.2 Å². The van der Waals surface area contributed by atoms with E-state index in [0.29, 0.717) is 11.4 Å². The zero-order valence-electron chi connectivity index (χ0n) is 30.1. The van der Waals surface area contributed by atoms with Gasteiger partial charge in [-0.05, 0) is 81.4 Å². The van der Waals surface area contributed by atoms with Gasteiger partial charge < -0.3 is 4.74 Å². The predicted octanol–water partition coefficient (Wildman–Crippen LogP) is 12.6. The maximum absolute atomic E-state index is 9.60. The number of hydrogen-bond acceptors (Lipinski definition) is 4. The molecule has 9 aromatic rings. The molecule has 1 aromatic heterocycles. The highest BCUT2D eigenvalue weighted by atomic mass is 16.5. The summed E-state index contributed by atoms with van der Waals surface area (Å²) in [7, 11) is 0. The summed E-state index contributed by atoms with van der Waals surface area (Å²) in [4.78, 5) is 10.4. The molecule has 0 atom stereocenters. The Morgan fingerprint density at radius 1 is 0.446 bits per heavy atom. The molecule has 260 valence electrons. The van der Waals surface area contributed by atoms with Crippen molar-refractivity contribution < 1.29 is 4.74 Å². The number of benzene rings is 8. The molecule has 0 saturated heterocycles. The molecule has 0 fully saturated rings. The lowest BCUT2D eigenvalue weighted by Gasteiger charge is -2.40. The van der Waals surface area contributed by atoms with Crippen molar-refractivity contribution in [3.63, 3.8) is 0 Å². The van der Waals surface area contributed by atoms with E-state index in [0.717, 1.165) is 72.6 Å². The van der Waals surface area contributed by atoms with Crippen molar-refractivity contribution in [3.8, 4) is 73.6 Å². The normalized spacial score (nSPS) is 12.9. The van der Waals surface area contributed by atoms with Crippen LogP contribution in [-0.2, 0) is 5.41 Å². The molecule has 1 aliphatic heterocycles. The van der Waals surface area contributed by atoms with Crippen LogP contribution < -0.4 is 4.74 Å². The van der Waals surface area contributed by atoms with Crippen molar-refractivity contribution in [2.24, 2.45) is 0 Å². The molecule has 1 aliphatic carbocycles. The topological polar surface area (TPSA) is 58.8 Å². The molecule has 8 aromatic carbocycles. The Morgan fingerprint density at radius 3 is 1.82 bits per heavy atom. The van der Waals surface area contributed by atoms with Gasteiger partial charge in [0.25, 0.3) is 0 Å². The molecule has 0 saturated carbocycles. The van der Waals surface area contributed by atoms with Crippen molar-refractivity contribution in [2.45, 2.75) is 5.41 Å². The van der Waals surface area contributed by atoms with E-state index in [4.69, 9.17) is 14.7 Å². The highest BCUT2D eigenvalue weighted by molar-refractivity contribution is 5.95. The fourth-order valence-corrected chi connectivity index (χ4v) is 8.94. The number of para-hydroxylation sites is 3. The number of nitrogens with zero attached hydrogens (tertiary/aromatic N) is 3. The van der Waals surface area contributed by atoms with Crippen molar-refractivity contribution >= 4 is 10.9 Å². The summed E-state index contributed by atoms with van der Waals surface area (Å²) >= 11 is 0. The lowest BCUT2D eigenvalue weighted by atomic mass is 9.65. The molecule has 4 nitrogen and oxygen atoms in total. The highest BCUT2D eigenvalue weighted by Crippen LogP contribution is 2.63. The second-order valence-electron chi connectivity index (χ2n) is 14.4. The lowest BCUT2D eigenvalue weighted by molar-refractivity contribution is 0.438. The smallest absolute Gasteiger partial charge is 0.160 e. The van der Waals surface area contributed by atoms with Gasteiger partial charge in [0.2, 0.25) is 0 Å². The van der Waals surface area contributed by atoms with Gasteiger partial charge in [-0.3, -0.25) is 0 Å². The Balaban J connectivity index is 1.19. The first-order valence-electron chi connectivity index (χ1n) is 18.8. The van der Waals surface area contributed by atoms with E-state index < -0.39 is 5.41 Å². The van der Waals surface area contributed by atoms with Crippen molar-refractivity contribution in [1.82, 2.24) is 9.97 Å². The Labute approximate surface area is 324 Å². The average Bonchev–Trinajstić information content (AvgIpc) is 3.56. The number of aromatic nitrogens is 2. The second kappa shape index (κ2) is 12.5. The number of ether oxygens (including phenoxy) is 1. The van der Waals surface area contributed by atoms with Gasteiger partial charge in [0.15, 0.2) is 5.82 Å². The van der Waals surface area contributed by atoms with Crippen LogP contribution in [0, 0.1) is 11.3 Å². The van der Waals surface area contributed by atoms with Crippen LogP contribution >= 0.6 is 0 Å². The van der Waals surface area contributed by atoms with Crippen LogP contribution in [0.2, 0.25) is 0 Å². The number of fused-ring (bicyclic) bond motifs is 10. The highest BCUT2D eigenvalue weighted by Gasteiger charge is 2.51. The maximum atomic E-state index is 9.60. The first-order chi connectivity index (χ1) is 27.7. The van der Waals surface area contributed by atoms with Crippen molar-refractivity contribution in [1.29, 1.82) is 5.26 Å². The zero-order valence-corrected chi connectivity index (χ0v) is 30.1. The third-order valence-electron chi connectivity index (χ3n) is 11.4. The summed E-state index contributed by atoms with van der Waals surface area (Å²) in [5.74, 6) is 2.29. The molecule has 56 heavy (non-hydrogen) atoms. The van der Waals surface area contributed by atoms with E-state index in [1.165, 1.54) is 22.3 Å². The van der Waals surface area contributed by atoms with E-state index in [1.807, 2.05) is 60.7 Å². The molecule has 0 amide bonds. The minimum absolute atomic E-state index is 0.576. The summed E-state index contributed by atoms with van der Waals surface area (Å²) < 4.78 is 7.07. The zero-order chi connectivity index (χ0) is 37.2.